The smallest absolute Gasteiger partial charge is 0.299 e. The van der Waals surface area contributed by atoms with Gasteiger partial charge in [-0.05, 0) is 38.5 Å². The van der Waals surface area contributed by atoms with Gasteiger partial charge in [0.15, 0.2) is 0 Å². The molecule has 154 valence electrons. The van der Waals surface area contributed by atoms with Crippen LogP contribution in [0.4, 0.5) is 5.69 Å². The summed E-state index contributed by atoms with van der Waals surface area (Å²) in [5.41, 5.74) is 1.53. The van der Waals surface area contributed by atoms with E-state index in [0.717, 1.165) is 12.1 Å². The van der Waals surface area contributed by atoms with Crippen LogP contribution < -0.4 is 9.46 Å². The van der Waals surface area contributed by atoms with Crippen LogP contribution in [0.1, 0.15) is 31.2 Å². The topological polar surface area (TPSA) is 108 Å². The van der Waals surface area contributed by atoms with Gasteiger partial charge in [-0.15, -0.1) is 5.10 Å². The second-order valence-electron chi connectivity index (χ2n) is 7.05. The van der Waals surface area contributed by atoms with E-state index in [9.17, 15) is 8.42 Å². The standard InChI is InChI=1S/C18H20ClN5O4S/c1-11-10-12(2)24-16(20-11)21-17(22-24)29(25,26)23-15-13(19)6-4-7-14(15)28-18(3)8-5-9-27-18/h4,6-7,10,23H,5,8-9H2,1-3H3. The highest BCUT2D eigenvalue weighted by molar-refractivity contribution is 7.92. The number of aromatic nitrogens is 4. The molecular formula is C18H20ClN5O4S. The number of hydrogen-bond acceptors (Lipinski definition) is 7. The Morgan fingerprint density at radius 3 is 2.83 bits per heavy atom. The Balaban J connectivity index is 1.71. The number of fused-ring (bicyclic) bond motifs is 1. The van der Waals surface area contributed by atoms with Gasteiger partial charge in [0.25, 0.3) is 21.0 Å². The summed E-state index contributed by atoms with van der Waals surface area (Å²) in [7, 11) is -4.14. The maximum Gasteiger partial charge on any atom is 0.299 e. The highest BCUT2D eigenvalue weighted by atomic mass is 35.5. The summed E-state index contributed by atoms with van der Waals surface area (Å²) >= 11 is 6.27. The van der Waals surface area contributed by atoms with Crippen LogP contribution in [-0.4, -0.2) is 40.4 Å². The summed E-state index contributed by atoms with van der Waals surface area (Å²) in [6.45, 7) is 5.98. The van der Waals surface area contributed by atoms with E-state index in [1.54, 1.807) is 45.0 Å². The molecule has 1 N–H and O–H groups in total. The van der Waals surface area contributed by atoms with Gasteiger partial charge in [0.1, 0.15) is 11.4 Å². The monoisotopic (exact) mass is 437 g/mol. The number of hydrogen-bond donors (Lipinski definition) is 1. The first-order valence-corrected chi connectivity index (χ1v) is 10.9. The molecular weight excluding hydrogens is 418 g/mol. The van der Waals surface area contributed by atoms with E-state index in [2.05, 4.69) is 19.8 Å². The van der Waals surface area contributed by atoms with Crippen molar-refractivity contribution in [3.05, 3.63) is 40.7 Å². The molecule has 1 aliphatic rings. The molecule has 11 heteroatoms. The van der Waals surface area contributed by atoms with Gasteiger partial charge in [0, 0.05) is 24.7 Å². The van der Waals surface area contributed by atoms with Crippen molar-refractivity contribution in [2.75, 3.05) is 11.3 Å². The van der Waals surface area contributed by atoms with Crippen molar-refractivity contribution in [1.82, 2.24) is 19.6 Å². The number of sulfonamides is 1. The Hall–Kier alpha value is -2.43. The molecule has 0 saturated carbocycles. The molecule has 0 amide bonds. The zero-order valence-corrected chi connectivity index (χ0v) is 17.7. The summed E-state index contributed by atoms with van der Waals surface area (Å²) in [5.74, 6) is -0.380. The molecule has 1 aliphatic heterocycles. The van der Waals surface area contributed by atoms with Crippen LogP contribution >= 0.6 is 11.6 Å². The molecule has 3 aromatic rings. The van der Waals surface area contributed by atoms with Crippen LogP contribution in [0.3, 0.4) is 0 Å². The van der Waals surface area contributed by atoms with Crippen molar-refractivity contribution in [3.63, 3.8) is 0 Å². The largest absolute Gasteiger partial charge is 0.460 e. The molecule has 4 rings (SSSR count). The van der Waals surface area contributed by atoms with Gasteiger partial charge in [-0.2, -0.15) is 13.4 Å². The number of aryl methyl sites for hydroxylation is 2. The van der Waals surface area contributed by atoms with Crippen LogP contribution in [0.5, 0.6) is 5.75 Å². The number of para-hydroxylation sites is 1. The average molecular weight is 438 g/mol. The fraction of sp³-hybridized carbons (Fsp3) is 0.389. The van der Waals surface area contributed by atoms with E-state index in [1.807, 2.05) is 0 Å². The van der Waals surface area contributed by atoms with Gasteiger partial charge in [-0.3, -0.25) is 4.72 Å². The summed E-state index contributed by atoms with van der Waals surface area (Å²) in [6, 6.07) is 6.65. The minimum Gasteiger partial charge on any atom is -0.460 e. The number of nitrogens with one attached hydrogen (secondary N) is 1. The molecule has 0 bridgehead atoms. The predicted molar refractivity (Wildman–Crippen MR) is 107 cm³/mol. The SMILES string of the molecule is Cc1cc(C)n2nc(S(=O)(=O)Nc3c(Cl)cccc3OC3(C)CCCO3)nc2n1. The Labute approximate surface area is 173 Å². The molecule has 1 atom stereocenters. The van der Waals surface area contributed by atoms with Crippen molar-refractivity contribution >= 4 is 33.1 Å². The summed E-state index contributed by atoms with van der Waals surface area (Å²) < 4.78 is 41.4. The number of halogens is 1. The molecule has 0 spiro atoms. The van der Waals surface area contributed by atoms with E-state index in [0.29, 0.717) is 18.7 Å². The second kappa shape index (κ2) is 7.12. The Morgan fingerprint density at radius 1 is 1.31 bits per heavy atom. The van der Waals surface area contributed by atoms with E-state index in [4.69, 9.17) is 21.1 Å². The minimum absolute atomic E-state index is 0.102. The summed E-state index contributed by atoms with van der Waals surface area (Å²) in [5, 5.41) is 3.85. The van der Waals surface area contributed by atoms with E-state index >= 15 is 0 Å². The maximum atomic E-state index is 13.0. The first kappa shape index (κ1) is 19.9. The molecule has 0 aliphatic carbocycles. The number of ether oxygens (including phenoxy) is 2. The highest BCUT2D eigenvalue weighted by Crippen LogP contribution is 2.38. The molecule has 0 radical (unpaired) electrons. The Kier molecular flexibility index (Phi) is 4.88. The minimum atomic E-state index is -4.14. The third-order valence-corrected chi connectivity index (χ3v) is 6.00. The Bertz CT molecular complexity index is 1190. The third-order valence-electron chi connectivity index (χ3n) is 4.56. The lowest BCUT2D eigenvalue weighted by atomic mass is 10.2. The van der Waals surface area contributed by atoms with Crippen LogP contribution in [-0.2, 0) is 14.8 Å². The maximum absolute atomic E-state index is 13.0. The molecule has 3 heterocycles. The second-order valence-corrected chi connectivity index (χ2v) is 9.03. The highest BCUT2D eigenvalue weighted by Gasteiger charge is 2.34. The first-order valence-electron chi connectivity index (χ1n) is 9.02. The van der Waals surface area contributed by atoms with Gasteiger partial charge in [-0.25, -0.2) is 9.50 Å². The van der Waals surface area contributed by atoms with E-state index in [-0.39, 0.29) is 22.2 Å². The lowest BCUT2D eigenvalue weighted by Crippen LogP contribution is -2.31. The molecule has 9 nitrogen and oxygen atoms in total. The fourth-order valence-corrected chi connectivity index (χ4v) is 4.43. The van der Waals surface area contributed by atoms with Gasteiger partial charge >= 0.3 is 0 Å². The van der Waals surface area contributed by atoms with Gasteiger partial charge in [0.05, 0.1) is 11.6 Å². The quantitative estimate of drug-likeness (QED) is 0.653. The molecule has 1 saturated heterocycles. The molecule has 2 aromatic heterocycles. The molecule has 1 unspecified atom stereocenters. The van der Waals surface area contributed by atoms with Crippen LogP contribution in [0, 0.1) is 13.8 Å². The Morgan fingerprint density at radius 2 is 2.10 bits per heavy atom. The summed E-state index contributed by atoms with van der Waals surface area (Å²) in [6.07, 6.45) is 1.54. The normalized spacial score (nSPS) is 19.6. The first-order chi connectivity index (χ1) is 13.7. The van der Waals surface area contributed by atoms with Crippen molar-refractivity contribution in [2.45, 2.75) is 44.6 Å². The van der Waals surface area contributed by atoms with Crippen LogP contribution in [0.15, 0.2) is 29.4 Å². The van der Waals surface area contributed by atoms with Crippen molar-refractivity contribution in [1.29, 1.82) is 0 Å². The van der Waals surface area contributed by atoms with Gasteiger partial charge in [0.2, 0.25) is 5.79 Å². The van der Waals surface area contributed by atoms with E-state index in [1.165, 1.54) is 4.52 Å². The third kappa shape index (κ3) is 3.87. The lowest BCUT2D eigenvalue weighted by Gasteiger charge is -2.26. The van der Waals surface area contributed by atoms with Crippen LogP contribution in [0.25, 0.3) is 5.78 Å². The number of benzene rings is 1. The lowest BCUT2D eigenvalue weighted by molar-refractivity contribution is -0.133. The molecule has 29 heavy (non-hydrogen) atoms. The zero-order chi connectivity index (χ0) is 20.8. The number of nitrogens with zero attached hydrogens (tertiary/aromatic N) is 4. The van der Waals surface area contributed by atoms with Gasteiger partial charge in [-0.1, -0.05) is 17.7 Å². The average Bonchev–Trinajstić information content (AvgIpc) is 3.25. The number of rotatable bonds is 5. The zero-order valence-electron chi connectivity index (χ0n) is 16.1. The van der Waals surface area contributed by atoms with Crippen LogP contribution in [0.2, 0.25) is 5.02 Å². The van der Waals surface area contributed by atoms with E-state index < -0.39 is 21.0 Å². The molecule has 1 fully saturated rings. The predicted octanol–water partition coefficient (Wildman–Crippen LogP) is 3.10. The number of anilines is 1. The molecule has 1 aromatic carbocycles. The fourth-order valence-electron chi connectivity index (χ4n) is 3.20. The van der Waals surface area contributed by atoms with Crippen molar-refractivity contribution in [2.24, 2.45) is 0 Å². The van der Waals surface area contributed by atoms with Crippen molar-refractivity contribution < 1.29 is 17.9 Å². The van der Waals surface area contributed by atoms with Crippen molar-refractivity contribution in [3.8, 4) is 5.75 Å². The summed E-state index contributed by atoms with van der Waals surface area (Å²) in [4.78, 5) is 8.28. The van der Waals surface area contributed by atoms with Gasteiger partial charge < -0.3 is 9.47 Å².